The average Bonchev–Trinajstić information content (AvgIpc) is 3.29. The number of nitrogens with one attached hydrogen (secondary N) is 1. The topological polar surface area (TPSA) is 112 Å². The first kappa shape index (κ1) is 30.6. The largest absolute Gasteiger partial charge is 0.444 e. The number of benzene rings is 2. The molecule has 220 valence electrons. The fraction of sp³-hybridized carbons (Fsp3) is 0.467. The molecule has 0 spiro atoms. The van der Waals surface area contributed by atoms with Gasteiger partial charge in [-0.2, -0.15) is 9.78 Å². The Kier molecular flexibility index (Phi) is 9.15. The number of nitrogens with zero attached hydrogens (tertiary/aromatic N) is 3. The molecule has 2 amide bonds. The third-order valence-electron chi connectivity index (χ3n) is 6.32. The van der Waals surface area contributed by atoms with Gasteiger partial charge in [0.05, 0.1) is 17.8 Å². The van der Waals surface area contributed by atoms with Crippen LogP contribution in [-0.2, 0) is 14.2 Å². The predicted molar refractivity (Wildman–Crippen MR) is 164 cm³/mol. The standard InChI is InChI=1S/C30H37IN4O6/c1-29(2,3)40-27(37)34-15-8-7-12-24(34)25(19-10-9-11-21(31)16-19)39-26(36)33-22-13-14-23-20(17-22)18-32-35(23)28(38)41-30(4,5)6/h9-11,13-14,16-18,24-25H,7-8,12,15H2,1-6H3,(H,33,36)/t24-,25-/m0/s1. The maximum atomic E-state index is 13.3. The summed E-state index contributed by atoms with van der Waals surface area (Å²) in [5.41, 5.74) is 0.503. The Hall–Kier alpha value is -3.35. The molecule has 2 heterocycles. The van der Waals surface area contributed by atoms with E-state index in [9.17, 15) is 14.4 Å². The summed E-state index contributed by atoms with van der Waals surface area (Å²) in [7, 11) is 0. The summed E-state index contributed by atoms with van der Waals surface area (Å²) in [6.07, 6.45) is 1.55. The fourth-order valence-corrected chi connectivity index (χ4v) is 5.26. The molecule has 1 aromatic heterocycles. The maximum absolute atomic E-state index is 13.3. The molecule has 1 aliphatic rings. The lowest BCUT2D eigenvalue weighted by molar-refractivity contribution is -0.0199. The number of fused-ring (bicyclic) bond motifs is 1. The zero-order valence-corrected chi connectivity index (χ0v) is 26.4. The van der Waals surface area contributed by atoms with E-state index in [0.29, 0.717) is 29.6 Å². The molecule has 1 N–H and O–H groups in total. The van der Waals surface area contributed by atoms with Crippen LogP contribution in [0.5, 0.6) is 0 Å². The molecular formula is C30H37IN4O6. The molecule has 1 aliphatic heterocycles. The molecule has 1 fully saturated rings. The highest BCUT2D eigenvalue weighted by Crippen LogP contribution is 2.34. The first-order chi connectivity index (χ1) is 19.2. The molecule has 0 unspecified atom stereocenters. The van der Waals surface area contributed by atoms with E-state index in [1.165, 1.54) is 10.9 Å². The van der Waals surface area contributed by atoms with Crippen LogP contribution < -0.4 is 5.32 Å². The summed E-state index contributed by atoms with van der Waals surface area (Å²) in [6.45, 7) is 11.4. The lowest BCUT2D eigenvalue weighted by Crippen LogP contribution is -2.49. The van der Waals surface area contributed by atoms with Gasteiger partial charge >= 0.3 is 18.3 Å². The summed E-state index contributed by atoms with van der Waals surface area (Å²) in [5, 5.41) is 7.60. The molecule has 11 heteroatoms. The molecule has 4 rings (SSSR count). The van der Waals surface area contributed by atoms with Gasteiger partial charge in [0.25, 0.3) is 0 Å². The molecule has 0 bridgehead atoms. The van der Waals surface area contributed by atoms with Crippen molar-refractivity contribution in [2.75, 3.05) is 11.9 Å². The van der Waals surface area contributed by atoms with Crippen LogP contribution in [0.2, 0.25) is 0 Å². The van der Waals surface area contributed by atoms with Crippen LogP contribution in [0.25, 0.3) is 10.9 Å². The van der Waals surface area contributed by atoms with E-state index in [2.05, 4.69) is 33.0 Å². The van der Waals surface area contributed by atoms with Crippen LogP contribution in [0.1, 0.15) is 72.5 Å². The number of ether oxygens (including phenoxy) is 3. The number of piperidine rings is 1. The SMILES string of the molecule is CC(C)(C)OC(=O)N1CCCC[C@H]1[C@@H](OC(=O)Nc1ccc2c(cnn2C(=O)OC(C)(C)C)c1)c1cccc(I)c1. The van der Waals surface area contributed by atoms with Gasteiger partial charge in [-0.1, -0.05) is 12.1 Å². The van der Waals surface area contributed by atoms with Crippen LogP contribution in [0, 0.1) is 3.57 Å². The van der Waals surface area contributed by atoms with Gasteiger partial charge in [-0.05, 0) is 119 Å². The smallest absolute Gasteiger partial charge is 0.435 e. The second-order valence-corrected chi connectivity index (χ2v) is 13.3. The van der Waals surface area contributed by atoms with Crippen molar-refractivity contribution in [3.05, 3.63) is 57.8 Å². The second kappa shape index (κ2) is 12.3. The summed E-state index contributed by atoms with van der Waals surface area (Å²) in [4.78, 5) is 40.6. The van der Waals surface area contributed by atoms with Gasteiger partial charge in [-0.3, -0.25) is 5.32 Å². The quantitative estimate of drug-likeness (QED) is 0.225. The van der Waals surface area contributed by atoms with Crippen LogP contribution in [-0.4, -0.2) is 56.7 Å². The van der Waals surface area contributed by atoms with Crippen LogP contribution in [0.4, 0.5) is 20.1 Å². The van der Waals surface area contributed by atoms with E-state index in [-0.39, 0.29) is 0 Å². The Labute approximate surface area is 253 Å². The van der Waals surface area contributed by atoms with Gasteiger partial charge in [-0.15, -0.1) is 0 Å². The number of hydrogen-bond donors (Lipinski definition) is 1. The number of carbonyl (C=O) groups excluding carboxylic acids is 3. The Bertz CT molecular complexity index is 1420. The van der Waals surface area contributed by atoms with Gasteiger partial charge in [0.15, 0.2) is 0 Å². The Morgan fingerprint density at radius 2 is 1.68 bits per heavy atom. The number of anilines is 1. The van der Waals surface area contributed by atoms with Gasteiger partial charge in [-0.25, -0.2) is 14.4 Å². The number of carbonyl (C=O) groups is 3. The van der Waals surface area contributed by atoms with Gasteiger partial charge in [0.2, 0.25) is 0 Å². The Morgan fingerprint density at radius 3 is 2.37 bits per heavy atom. The fourth-order valence-electron chi connectivity index (χ4n) is 4.70. The molecular weight excluding hydrogens is 639 g/mol. The number of aromatic nitrogens is 2. The molecule has 2 atom stereocenters. The number of halogens is 1. The molecule has 0 saturated carbocycles. The second-order valence-electron chi connectivity index (χ2n) is 12.1. The lowest BCUT2D eigenvalue weighted by Gasteiger charge is -2.40. The minimum atomic E-state index is -0.712. The van der Waals surface area contributed by atoms with E-state index in [1.807, 2.05) is 45.0 Å². The minimum absolute atomic E-state index is 0.392. The van der Waals surface area contributed by atoms with Crippen molar-refractivity contribution in [1.29, 1.82) is 0 Å². The summed E-state index contributed by atoms with van der Waals surface area (Å²) < 4.78 is 19.3. The number of hydrogen-bond acceptors (Lipinski definition) is 7. The average molecular weight is 677 g/mol. The summed E-state index contributed by atoms with van der Waals surface area (Å²) in [5.74, 6) is 0. The van der Waals surface area contributed by atoms with Crippen molar-refractivity contribution in [1.82, 2.24) is 14.7 Å². The van der Waals surface area contributed by atoms with Gasteiger partial charge in [0, 0.05) is 21.2 Å². The molecule has 0 aliphatic carbocycles. The van der Waals surface area contributed by atoms with E-state index in [4.69, 9.17) is 14.2 Å². The van der Waals surface area contributed by atoms with Crippen molar-refractivity contribution in [2.45, 2.75) is 84.2 Å². The molecule has 3 aromatic rings. The molecule has 0 radical (unpaired) electrons. The maximum Gasteiger partial charge on any atom is 0.435 e. The highest BCUT2D eigenvalue weighted by molar-refractivity contribution is 14.1. The van der Waals surface area contributed by atoms with Crippen LogP contribution in [0.3, 0.4) is 0 Å². The van der Waals surface area contributed by atoms with Gasteiger partial charge < -0.3 is 19.1 Å². The van der Waals surface area contributed by atoms with Crippen LogP contribution >= 0.6 is 22.6 Å². The van der Waals surface area contributed by atoms with Crippen molar-refractivity contribution >= 4 is 57.5 Å². The van der Waals surface area contributed by atoms with E-state index in [0.717, 1.165) is 22.0 Å². The van der Waals surface area contributed by atoms with E-state index >= 15 is 0 Å². The minimum Gasteiger partial charge on any atom is -0.444 e. The monoisotopic (exact) mass is 676 g/mol. The highest BCUT2D eigenvalue weighted by atomic mass is 127. The zero-order valence-electron chi connectivity index (χ0n) is 24.3. The van der Waals surface area contributed by atoms with Crippen LogP contribution in [0.15, 0.2) is 48.7 Å². The molecule has 41 heavy (non-hydrogen) atoms. The highest BCUT2D eigenvalue weighted by Gasteiger charge is 2.38. The third-order valence-corrected chi connectivity index (χ3v) is 6.99. The zero-order chi connectivity index (χ0) is 29.9. The van der Waals surface area contributed by atoms with Crippen molar-refractivity contribution < 1.29 is 28.6 Å². The molecule has 2 aromatic carbocycles. The van der Waals surface area contributed by atoms with E-state index < -0.39 is 41.6 Å². The first-order valence-electron chi connectivity index (χ1n) is 13.6. The van der Waals surface area contributed by atoms with Crippen molar-refractivity contribution in [3.63, 3.8) is 0 Å². The Balaban J connectivity index is 1.56. The normalized spacial score (nSPS) is 16.7. The number of likely N-dealkylation sites (tertiary alicyclic amines) is 1. The summed E-state index contributed by atoms with van der Waals surface area (Å²) >= 11 is 2.22. The van der Waals surface area contributed by atoms with E-state index in [1.54, 1.807) is 43.9 Å². The molecule has 1 saturated heterocycles. The van der Waals surface area contributed by atoms with Crippen molar-refractivity contribution in [3.8, 4) is 0 Å². The number of rotatable bonds is 4. The summed E-state index contributed by atoms with van der Waals surface area (Å²) in [6, 6.07) is 12.4. The predicted octanol–water partition coefficient (Wildman–Crippen LogP) is 7.50. The third kappa shape index (κ3) is 8.11. The first-order valence-corrected chi connectivity index (χ1v) is 14.7. The van der Waals surface area contributed by atoms with Gasteiger partial charge in [0.1, 0.15) is 17.3 Å². The van der Waals surface area contributed by atoms with Crippen molar-refractivity contribution in [2.24, 2.45) is 0 Å². The Morgan fingerprint density at radius 1 is 0.976 bits per heavy atom. The lowest BCUT2D eigenvalue weighted by atomic mass is 9.93. The molecule has 10 nitrogen and oxygen atoms in total. The number of amides is 2.